The minimum absolute atomic E-state index is 0.00945. The molecular formula is C19H25N4O3+. The van der Waals surface area contributed by atoms with Crippen molar-refractivity contribution in [1.82, 2.24) is 14.5 Å². The van der Waals surface area contributed by atoms with E-state index in [2.05, 4.69) is 12.0 Å². The summed E-state index contributed by atoms with van der Waals surface area (Å²) in [5, 5.41) is 0.468. The number of rotatable bonds is 2. The summed E-state index contributed by atoms with van der Waals surface area (Å²) in [6.45, 7) is 3.31. The standard InChI is InChI=1S/C19H24N4O3/c1-21-8-10-22(11-9-21)17(24)13-6-7-15-16(12-13)20-19(26)23(18(15)25)14-4-2-3-5-14/h6-7,12,14H,2-5,8-11H2,1H3,(H,20,26)/p+1. The van der Waals surface area contributed by atoms with Crippen LogP contribution in [-0.4, -0.2) is 53.6 Å². The predicted molar refractivity (Wildman–Crippen MR) is 98.9 cm³/mol. The summed E-state index contributed by atoms with van der Waals surface area (Å²) in [5.74, 6) is -0.0415. The van der Waals surface area contributed by atoms with Crippen LogP contribution in [0.4, 0.5) is 0 Å². The average Bonchev–Trinajstić information content (AvgIpc) is 3.15. The molecule has 1 aliphatic carbocycles. The molecule has 0 radical (unpaired) electrons. The van der Waals surface area contributed by atoms with Gasteiger partial charge in [-0.1, -0.05) is 12.8 Å². The van der Waals surface area contributed by atoms with E-state index in [1.54, 1.807) is 18.2 Å². The van der Waals surface area contributed by atoms with Crippen molar-refractivity contribution in [2.24, 2.45) is 0 Å². The first-order chi connectivity index (χ1) is 12.5. The highest BCUT2D eigenvalue weighted by Gasteiger charge is 2.24. The number of hydrogen-bond acceptors (Lipinski definition) is 3. The molecule has 1 aliphatic heterocycles. The van der Waals surface area contributed by atoms with E-state index in [1.807, 2.05) is 4.90 Å². The summed E-state index contributed by atoms with van der Waals surface area (Å²) in [4.78, 5) is 44.1. The van der Waals surface area contributed by atoms with Crippen LogP contribution in [-0.2, 0) is 0 Å². The Kier molecular flexibility index (Phi) is 4.40. The molecule has 138 valence electrons. The highest BCUT2D eigenvalue weighted by atomic mass is 16.2. The monoisotopic (exact) mass is 357 g/mol. The van der Waals surface area contributed by atoms with Gasteiger partial charge >= 0.3 is 5.69 Å². The number of nitrogens with zero attached hydrogens (tertiary/aromatic N) is 2. The Morgan fingerprint density at radius 1 is 1.15 bits per heavy atom. The lowest BCUT2D eigenvalue weighted by molar-refractivity contribution is -0.883. The van der Waals surface area contributed by atoms with Crippen LogP contribution in [0.2, 0.25) is 0 Å². The Hall–Kier alpha value is -2.41. The van der Waals surface area contributed by atoms with E-state index < -0.39 is 0 Å². The molecule has 26 heavy (non-hydrogen) atoms. The largest absolute Gasteiger partial charge is 0.334 e. The van der Waals surface area contributed by atoms with Gasteiger partial charge in [-0.2, -0.15) is 0 Å². The second kappa shape index (κ2) is 6.72. The molecular weight excluding hydrogens is 332 g/mol. The molecule has 2 heterocycles. The highest BCUT2D eigenvalue weighted by Crippen LogP contribution is 2.27. The molecule has 1 aromatic heterocycles. The lowest BCUT2D eigenvalue weighted by Gasteiger charge is -2.30. The number of fused-ring (bicyclic) bond motifs is 1. The van der Waals surface area contributed by atoms with Gasteiger partial charge in [-0.25, -0.2) is 4.79 Å². The molecule has 0 atom stereocenters. The van der Waals surface area contributed by atoms with Gasteiger partial charge in [0, 0.05) is 11.6 Å². The first-order valence-corrected chi connectivity index (χ1v) is 9.44. The summed E-state index contributed by atoms with van der Waals surface area (Å²) >= 11 is 0. The van der Waals surface area contributed by atoms with Crippen LogP contribution in [0.1, 0.15) is 42.1 Å². The second-order valence-electron chi connectivity index (χ2n) is 7.55. The Labute approximate surface area is 151 Å². The number of aromatic nitrogens is 2. The lowest BCUT2D eigenvalue weighted by Crippen LogP contribution is -3.12. The SMILES string of the molecule is C[NH+]1CCN(C(=O)c2ccc3c(=O)n(C4CCCC4)c(=O)[nH]c3c2)CC1. The molecule has 1 saturated carbocycles. The van der Waals surface area contributed by atoms with Crippen LogP contribution >= 0.6 is 0 Å². The van der Waals surface area contributed by atoms with Gasteiger partial charge in [0.15, 0.2) is 0 Å². The fourth-order valence-electron chi connectivity index (χ4n) is 4.13. The molecule has 7 heteroatoms. The van der Waals surface area contributed by atoms with Crippen molar-refractivity contribution >= 4 is 16.8 Å². The topological polar surface area (TPSA) is 79.6 Å². The molecule has 4 rings (SSSR count). The molecule has 0 bridgehead atoms. The number of hydrogen-bond donors (Lipinski definition) is 2. The molecule has 2 aromatic rings. The first kappa shape index (κ1) is 17.0. The van der Waals surface area contributed by atoms with Crippen LogP contribution in [0, 0.1) is 0 Å². The van der Waals surface area contributed by atoms with Gasteiger partial charge in [-0.3, -0.25) is 14.2 Å². The number of carbonyl (C=O) groups excluding carboxylic acids is 1. The summed E-state index contributed by atoms with van der Waals surface area (Å²) in [6.07, 6.45) is 3.84. The number of H-pyrrole nitrogens is 1. The Balaban J connectivity index is 1.70. The summed E-state index contributed by atoms with van der Waals surface area (Å²) in [7, 11) is 2.12. The molecule has 7 nitrogen and oxygen atoms in total. The number of quaternary nitrogens is 1. The molecule has 2 fully saturated rings. The fourth-order valence-corrected chi connectivity index (χ4v) is 4.13. The van der Waals surface area contributed by atoms with E-state index in [0.29, 0.717) is 16.5 Å². The molecule has 2 aliphatic rings. The van der Waals surface area contributed by atoms with E-state index >= 15 is 0 Å². The Morgan fingerprint density at radius 3 is 2.54 bits per heavy atom. The van der Waals surface area contributed by atoms with Crippen molar-refractivity contribution in [2.45, 2.75) is 31.7 Å². The zero-order chi connectivity index (χ0) is 18.3. The van der Waals surface area contributed by atoms with E-state index in [9.17, 15) is 14.4 Å². The number of carbonyl (C=O) groups is 1. The maximum Gasteiger partial charge on any atom is 0.329 e. The van der Waals surface area contributed by atoms with E-state index in [1.165, 1.54) is 9.47 Å². The van der Waals surface area contributed by atoms with Gasteiger partial charge in [0.2, 0.25) is 0 Å². The van der Waals surface area contributed by atoms with Crippen molar-refractivity contribution < 1.29 is 9.69 Å². The minimum Gasteiger partial charge on any atom is -0.334 e. The highest BCUT2D eigenvalue weighted by molar-refractivity contribution is 5.97. The lowest BCUT2D eigenvalue weighted by atomic mass is 10.1. The minimum atomic E-state index is -0.373. The third-order valence-electron chi connectivity index (χ3n) is 5.77. The second-order valence-corrected chi connectivity index (χ2v) is 7.55. The molecule has 1 amide bonds. The summed E-state index contributed by atoms with van der Waals surface area (Å²) < 4.78 is 1.36. The van der Waals surface area contributed by atoms with Crippen LogP contribution in [0.5, 0.6) is 0 Å². The van der Waals surface area contributed by atoms with E-state index in [4.69, 9.17) is 0 Å². The predicted octanol–water partition coefficient (Wildman–Crippen LogP) is -0.225. The van der Waals surface area contributed by atoms with E-state index in [0.717, 1.165) is 51.9 Å². The van der Waals surface area contributed by atoms with Crippen molar-refractivity contribution in [3.05, 3.63) is 44.6 Å². The zero-order valence-corrected chi connectivity index (χ0v) is 15.1. The van der Waals surface area contributed by atoms with Crippen LogP contribution in [0.15, 0.2) is 27.8 Å². The van der Waals surface area contributed by atoms with E-state index in [-0.39, 0.29) is 23.2 Å². The Morgan fingerprint density at radius 2 is 1.85 bits per heavy atom. The van der Waals surface area contributed by atoms with Crippen molar-refractivity contribution in [2.75, 3.05) is 33.2 Å². The van der Waals surface area contributed by atoms with Gasteiger partial charge in [0.05, 0.1) is 44.1 Å². The molecule has 0 unspecified atom stereocenters. The molecule has 1 saturated heterocycles. The van der Waals surface area contributed by atoms with Crippen LogP contribution in [0.25, 0.3) is 10.9 Å². The van der Waals surface area contributed by atoms with Gasteiger partial charge in [-0.05, 0) is 31.0 Å². The third kappa shape index (κ3) is 2.96. The zero-order valence-electron chi connectivity index (χ0n) is 15.1. The molecule has 0 spiro atoms. The number of amides is 1. The number of likely N-dealkylation sites (N-methyl/N-ethyl adjacent to an activating group) is 1. The normalized spacial score (nSPS) is 19.3. The first-order valence-electron chi connectivity index (χ1n) is 9.44. The number of benzene rings is 1. The summed E-state index contributed by atoms with van der Waals surface area (Å²) in [6, 6.07) is 5.01. The van der Waals surface area contributed by atoms with Gasteiger partial charge in [0.25, 0.3) is 11.5 Å². The smallest absolute Gasteiger partial charge is 0.329 e. The number of nitrogens with one attached hydrogen (secondary N) is 2. The van der Waals surface area contributed by atoms with Gasteiger partial charge in [-0.15, -0.1) is 0 Å². The maximum absolute atomic E-state index is 12.8. The summed E-state index contributed by atoms with van der Waals surface area (Å²) in [5.41, 5.74) is 0.339. The van der Waals surface area contributed by atoms with Gasteiger partial charge < -0.3 is 14.8 Å². The Bertz CT molecular complexity index is 947. The fraction of sp³-hybridized carbons (Fsp3) is 0.526. The van der Waals surface area contributed by atoms with Gasteiger partial charge in [0.1, 0.15) is 0 Å². The molecule has 1 aromatic carbocycles. The maximum atomic E-state index is 12.8. The van der Waals surface area contributed by atoms with Crippen molar-refractivity contribution in [1.29, 1.82) is 0 Å². The third-order valence-corrected chi connectivity index (χ3v) is 5.77. The van der Waals surface area contributed by atoms with Crippen molar-refractivity contribution in [3.8, 4) is 0 Å². The quantitative estimate of drug-likeness (QED) is 0.780. The average molecular weight is 357 g/mol. The van der Waals surface area contributed by atoms with Crippen molar-refractivity contribution in [3.63, 3.8) is 0 Å². The van der Waals surface area contributed by atoms with Crippen LogP contribution < -0.4 is 16.1 Å². The molecule has 2 N–H and O–H groups in total. The number of aromatic amines is 1. The number of piperazine rings is 1. The van der Waals surface area contributed by atoms with Crippen LogP contribution in [0.3, 0.4) is 0 Å².